The van der Waals surface area contributed by atoms with Gasteiger partial charge < -0.3 is 20.1 Å². The maximum absolute atomic E-state index is 12.7. The van der Waals surface area contributed by atoms with Gasteiger partial charge in [0, 0.05) is 16.6 Å². The number of nitrogens with one attached hydrogen (secondary N) is 2. The van der Waals surface area contributed by atoms with Gasteiger partial charge in [-0.2, -0.15) is 0 Å². The number of ether oxygens (including phenoxy) is 1. The van der Waals surface area contributed by atoms with Crippen molar-refractivity contribution in [3.8, 4) is 5.75 Å². The number of H-pyrrole nitrogens is 1. The number of fused-ring (bicyclic) bond motifs is 1. The maximum Gasteiger partial charge on any atom is 0.254 e. The van der Waals surface area contributed by atoms with Crippen LogP contribution >= 0.6 is 0 Å². The highest BCUT2D eigenvalue weighted by Crippen LogP contribution is 2.24. The molecule has 25 heavy (non-hydrogen) atoms. The molecule has 0 aliphatic carbocycles. The minimum Gasteiger partial charge on any atom is -0.497 e. The second-order valence-electron chi connectivity index (χ2n) is 6.15. The Labute approximate surface area is 146 Å². The molecule has 2 atom stereocenters. The van der Waals surface area contributed by atoms with Crippen molar-refractivity contribution in [3.63, 3.8) is 0 Å². The predicted molar refractivity (Wildman–Crippen MR) is 97.9 cm³/mol. The number of hydrogen-bond donors (Lipinski definition) is 3. The Hall–Kier alpha value is -2.79. The summed E-state index contributed by atoms with van der Waals surface area (Å²) < 4.78 is 5.12. The van der Waals surface area contributed by atoms with E-state index in [9.17, 15) is 9.90 Å². The first-order valence-corrected chi connectivity index (χ1v) is 8.21. The highest BCUT2D eigenvalue weighted by Gasteiger charge is 2.22. The van der Waals surface area contributed by atoms with E-state index in [2.05, 4.69) is 10.3 Å². The molecule has 0 spiro atoms. The number of carbonyl (C=O) groups excluding carboxylic acids is 1. The number of carbonyl (C=O) groups is 1. The van der Waals surface area contributed by atoms with E-state index >= 15 is 0 Å². The summed E-state index contributed by atoms with van der Waals surface area (Å²) in [6.07, 6.45) is -0.805. The van der Waals surface area contributed by atoms with Gasteiger partial charge in [0.25, 0.3) is 5.91 Å². The van der Waals surface area contributed by atoms with Crippen LogP contribution in [0.25, 0.3) is 10.9 Å². The van der Waals surface area contributed by atoms with Crippen molar-refractivity contribution in [2.24, 2.45) is 0 Å². The molecule has 2 unspecified atom stereocenters. The molecule has 130 valence electrons. The molecular formula is C20H22N2O3. The highest BCUT2D eigenvalue weighted by molar-refractivity contribution is 6.08. The first-order valence-electron chi connectivity index (χ1n) is 8.21. The van der Waals surface area contributed by atoms with E-state index < -0.39 is 12.1 Å². The number of hydrogen-bond acceptors (Lipinski definition) is 3. The summed E-state index contributed by atoms with van der Waals surface area (Å²) in [6, 6.07) is 14.4. The van der Waals surface area contributed by atoms with Gasteiger partial charge in [-0.25, -0.2) is 0 Å². The molecule has 5 heteroatoms. The minimum absolute atomic E-state index is 0.199. The number of aromatic nitrogens is 1. The van der Waals surface area contributed by atoms with Crippen molar-refractivity contribution in [2.75, 3.05) is 7.11 Å². The third-order valence-corrected chi connectivity index (χ3v) is 4.41. The predicted octanol–water partition coefficient (Wildman–Crippen LogP) is 3.34. The summed E-state index contributed by atoms with van der Waals surface area (Å²) in [5, 5.41) is 14.3. The molecule has 2 aromatic carbocycles. The molecule has 3 aromatic rings. The summed E-state index contributed by atoms with van der Waals surface area (Å²) >= 11 is 0. The van der Waals surface area contributed by atoms with Crippen molar-refractivity contribution in [3.05, 3.63) is 65.4 Å². The second-order valence-corrected chi connectivity index (χ2v) is 6.15. The number of benzene rings is 2. The Morgan fingerprint density at radius 3 is 2.52 bits per heavy atom. The number of para-hydroxylation sites is 1. The van der Waals surface area contributed by atoms with E-state index in [1.54, 1.807) is 38.3 Å². The van der Waals surface area contributed by atoms with Crippen LogP contribution in [0, 0.1) is 6.92 Å². The van der Waals surface area contributed by atoms with Gasteiger partial charge in [-0.1, -0.05) is 30.3 Å². The number of amides is 1. The van der Waals surface area contributed by atoms with Crippen LogP contribution in [-0.2, 0) is 0 Å². The SMILES string of the molecule is COc1ccc(C(O)C(C)NC(=O)c2c(C)[nH]c3ccccc23)cc1. The van der Waals surface area contributed by atoms with Crippen LogP contribution in [0.4, 0.5) is 0 Å². The molecule has 0 saturated carbocycles. The number of aliphatic hydroxyl groups is 1. The van der Waals surface area contributed by atoms with E-state index in [4.69, 9.17) is 4.74 Å². The molecule has 0 aliphatic rings. The van der Waals surface area contributed by atoms with Crippen LogP contribution < -0.4 is 10.1 Å². The zero-order chi connectivity index (χ0) is 18.0. The smallest absolute Gasteiger partial charge is 0.254 e. The second kappa shape index (κ2) is 6.99. The topological polar surface area (TPSA) is 74.3 Å². The number of aliphatic hydroxyl groups excluding tert-OH is 1. The van der Waals surface area contributed by atoms with Crippen molar-refractivity contribution in [1.29, 1.82) is 0 Å². The summed E-state index contributed by atoms with van der Waals surface area (Å²) in [4.78, 5) is 15.9. The van der Waals surface area contributed by atoms with Crippen LogP contribution in [0.15, 0.2) is 48.5 Å². The molecule has 0 aliphatic heterocycles. The molecule has 0 bridgehead atoms. The monoisotopic (exact) mass is 338 g/mol. The van der Waals surface area contributed by atoms with Crippen LogP contribution in [-0.4, -0.2) is 29.1 Å². The van der Waals surface area contributed by atoms with Gasteiger partial charge in [0.2, 0.25) is 0 Å². The van der Waals surface area contributed by atoms with Crippen molar-refractivity contribution >= 4 is 16.8 Å². The molecule has 3 N–H and O–H groups in total. The van der Waals surface area contributed by atoms with E-state index in [0.717, 1.165) is 27.9 Å². The largest absolute Gasteiger partial charge is 0.497 e. The normalized spacial score (nSPS) is 13.4. The molecular weight excluding hydrogens is 316 g/mol. The lowest BCUT2D eigenvalue weighted by Crippen LogP contribution is -2.37. The molecule has 1 heterocycles. The standard InChI is InChI=1S/C20H22N2O3/c1-12-18(16-6-4-5-7-17(16)21-12)20(24)22-13(2)19(23)14-8-10-15(25-3)11-9-14/h4-11,13,19,21,23H,1-3H3,(H,22,24). The summed E-state index contributed by atoms with van der Waals surface area (Å²) in [5.41, 5.74) is 3.08. The molecule has 1 aromatic heterocycles. The van der Waals surface area contributed by atoms with E-state index in [1.807, 2.05) is 31.2 Å². The quantitative estimate of drug-likeness (QED) is 0.668. The lowest BCUT2D eigenvalue weighted by molar-refractivity contribution is 0.0853. The summed E-state index contributed by atoms with van der Waals surface area (Å²) in [5.74, 6) is 0.525. The number of aromatic amines is 1. The van der Waals surface area contributed by atoms with Gasteiger partial charge in [-0.15, -0.1) is 0 Å². The van der Waals surface area contributed by atoms with E-state index in [1.165, 1.54) is 0 Å². The first kappa shape index (κ1) is 17.0. The first-order chi connectivity index (χ1) is 12.0. The molecule has 5 nitrogen and oxygen atoms in total. The number of aryl methyl sites for hydroxylation is 1. The van der Waals surface area contributed by atoms with Gasteiger partial charge in [0.1, 0.15) is 5.75 Å². The van der Waals surface area contributed by atoms with Crippen LogP contribution in [0.3, 0.4) is 0 Å². The van der Waals surface area contributed by atoms with Crippen LogP contribution in [0.1, 0.15) is 34.6 Å². The summed E-state index contributed by atoms with van der Waals surface area (Å²) in [7, 11) is 1.60. The fourth-order valence-corrected chi connectivity index (χ4v) is 3.02. The number of methoxy groups -OCH3 is 1. The van der Waals surface area contributed by atoms with Gasteiger partial charge in [0.15, 0.2) is 0 Å². The molecule has 0 fully saturated rings. The zero-order valence-corrected chi connectivity index (χ0v) is 14.5. The van der Waals surface area contributed by atoms with E-state index in [0.29, 0.717) is 5.56 Å². The van der Waals surface area contributed by atoms with E-state index in [-0.39, 0.29) is 5.91 Å². The fourth-order valence-electron chi connectivity index (χ4n) is 3.02. The van der Waals surface area contributed by atoms with Gasteiger partial charge in [0.05, 0.1) is 24.8 Å². The molecule has 1 amide bonds. The average Bonchev–Trinajstić information content (AvgIpc) is 2.96. The van der Waals surface area contributed by atoms with Crippen LogP contribution in [0.5, 0.6) is 5.75 Å². The molecule has 3 rings (SSSR count). The average molecular weight is 338 g/mol. The lowest BCUT2D eigenvalue weighted by atomic mass is 10.0. The maximum atomic E-state index is 12.7. The Morgan fingerprint density at radius 1 is 1.16 bits per heavy atom. The Kier molecular flexibility index (Phi) is 4.76. The molecule has 0 radical (unpaired) electrons. The van der Waals surface area contributed by atoms with Gasteiger partial charge in [-0.3, -0.25) is 4.79 Å². The van der Waals surface area contributed by atoms with Crippen LogP contribution in [0.2, 0.25) is 0 Å². The zero-order valence-electron chi connectivity index (χ0n) is 14.5. The van der Waals surface area contributed by atoms with Crippen molar-refractivity contribution < 1.29 is 14.6 Å². The molecule has 0 saturated heterocycles. The van der Waals surface area contributed by atoms with Gasteiger partial charge in [-0.05, 0) is 37.6 Å². The van der Waals surface area contributed by atoms with Gasteiger partial charge >= 0.3 is 0 Å². The Balaban J connectivity index is 1.78. The third-order valence-electron chi connectivity index (χ3n) is 4.41. The van der Waals surface area contributed by atoms with Crippen molar-refractivity contribution in [1.82, 2.24) is 10.3 Å². The lowest BCUT2D eigenvalue weighted by Gasteiger charge is -2.21. The fraction of sp³-hybridized carbons (Fsp3) is 0.250. The Morgan fingerprint density at radius 2 is 1.84 bits per heavy atom. The highest BCUT2D eigenvalue weighted by atomic mass is 16.5. The minimum atomic E-state index is -0.805. The summed E-state index contributed by atoms with van der Waals surface area (Å²) in [6.45, 7) is 3.66. The third kappa shape index (κ3) is 3.37. The number of rotatable bonds is 5. The Bertz CT molecular complexity index is 884. The van der Waals surface area contributed by atoms with Crippen molar-refractivity contribution in [2.45, 2.75) is 26.0 Å².